The lowest BCUT2D eigenvalue weighted by Crippen LogP contribution is -2.22. The molecular weight excluding hydrogens is 249 g/mol. The molecule has 1 heterocycles. The molecule has 96 valence electrons. The van der Waals surface area contributed by atoms with Crippen molar-refractivity contribution in [2.75, 3.05) is 6.54 Å². The Kier molecular flexibility index (Phi) is 4.38. The van der Waals surface area contributed by atoms with Crippen LogP contribution in [0.1, 0.15) is 29.1 Å². The highest BCUT2D eigenvalue weighted by Gasteiger charge is 2.16. The summed E-state index contributed by atoms with van der Waals surface area (Å²) in [5.74, 6) is -0.193. The molecule has 1 unspecified atom stereocenters. The fraction of sp³-hybridized carbons (Fsp3) is 0.385. The van der Waals surface area contributed by atoms with E-state index in [0.717, 1.165) is 29.1 Å². The van der Waals surface area contributed by atoms with Crippen molar-refractivity contribution >= 4 is 11.5 Å². The van der Waals surface area contributed by atoms with Crippen LogP contribution in [-0.4, -0.2) is 16.1 Å². The molecular formula is C13H16FN3S. The first-order valence-corrected chi connectivity index (χ1v) is 6.74. The fourth-order valence-electron chi connectivity index (χ4n) is 1.96. The third kappa shape index (κ3) is 3.11. The van der Waals surface area contributed by atoms with E-state index in [2.05, 4.69) is 21.8 Å². The fourth-order valence-corrected chi connectivity index (χ4v) is 2.68. The summed E-state index contributed by atoms with van der Waals surface area (Å²) in [4.78, 5) is 1.13. The zero-order valence-corrected chi connectivity index (χ0v) is 11.3. The number of aryl methyl sites for hydroxylation is 1. The lowest BCUT2D eigenvalue weighted by atomic mass is 10.0. The predicted molar refractivity (Wildman–Crippen MR) is 71.2 cm³/mol. The maximum atomic E-state index is 13.2. The lowest BCUT2D eigenvalue weighted by molar-refractivity contribution is 0.551. The molecule has 5 heteroatoms. The van der Waals surface area contributed by atoms with Crippen molar-refractivity contribution in [1.29, 1.82) is 0 Å². The smallest absolute Gasteiger partial charge is 0.123 e. The molecule has 1 atom stereocenters. The van der Waals surface area contributed by atoms with Crippen molar-refractivity contribution in [2.24, 2.45) is 0 Å². The minimum absolute atomic E-state index is 0.150. The van der Waals surface area contributed by atoms with Crippen molar-refractivity contribution in [3.8, 4) is 0 Å². The number of rotatable bonds is 5. The van der Waals surface area contributed by atoms with E-state index in [9.17, 15) is 4.39 Å². The predicted octanol–water partition coefficient (Wildman–Crippen LogP) is 2.88. The normalized spacial score (nSPS) is 12.6. The Morgan fingerprint density at radius 3 is 2.89 bits per heavy atom. The maximum absolute atomic E-state index is 13.2. The third-order valence-electron chi connectivity index (χ3n) is 2.78. The minimum atomic E-state index is -0.193. The molecule has 0 saturated heterocycles. The number of nitrogens with one attached hydrogen (secondary N) is 1. The van der Waals surface area contributed by atoms with Crippen LogP contribution in [0.2, 0.25) is 0 Å². The van der Waals surface area contributed by atoms with Gasteiger partial charge in [-0.05, 0) is 49.1 Å². The molecule has 1 aromatic carbocycles. The summed E-state index contributed by atoms with van der Waals surface area (Å²) in [6, 6.07) is 6.87. The van der Waals surface area contributed by atoms with Crippen LogP contribution in [0.15, 0.2) is 24.3 Å². The quantitative estimate of drug-likeness (QED) is 0.903. The number of aromatic nitrogens is 2. The van der Waals surface area contributed by atoms with Gasteiger partial charge in [0.2, 0.25) is 0 Å². The summed E-state index contributed by atoms with van der Waals surface area (Å²) in [5.41, 5.74) is 1.93. The molecule has 0 aliphatic carbocycles. The maximum Gasteiger partial charge on any atom is 0.123 e. The number of hydrogen-bond donors (Lipinski definition) is 1. The van der Waals surface area contributed by atoms with Gasteiger partial charge in [-0.15, -0.1) is 5.10 Å². The first-order chi connectivity index (χ1) is 8.70. The second-order valence-corrected chi connectivity index (χ2v) is 4.95. The molecule has 1 N–H and O–H groups in total. The van der Waals surface area contributed by atoms with E-state index in [1.807, 2.05) is 13.0 Å². The van der Waals surface area contributed by atoms with Gasteiger partial charge >= 0.3 is 0 Å². The Morgan fingerprint density at radius 1 is 1.44 bits per heavy atom. The SMILES string of the molecule is CCNC(Cc1cccc(F)c1)c1snnc1C. The van der Waals surface area contributed by atoms with Gasteiger partial charge in [-0.1, -0.05) is 23.5 Å². The Bertz CT molecular complexity index is 512. The van der Waals surface area contributed by atoms with Gasteiger partial charge in [-0.25, -0.2) is 4.39 Å². The molecule has 0 fully saturated rings. The number of halogens is 1. The first kappa shape index (κ1) is 13.1. The Labute approximate surface area is 110 Å². The van der Waals surface area contributed by atoms with Crippen LogP contribution in [0.3, 0.4) is 0 Å². The second kappa shape index (κ2) is 6.02. The zero-order valence-electron chi connectivity index (χ0n) is 10.5. The van der Waals surface area contributed by atoms with Crippen molar-refractivity contribution in [3.63, 3.8) is 0 Å². The van der Waals surface area contributed by atoms with E-state index in [-0.39, 0.29) is 11.9 Å². The summed E-state index contributed by atoms with van der Waals surface area (Å²) < 4.78 is 17.1. The summed E-state index contributed by atoms with van der Waals surface area (Å²) in [5, 5.41) is 7.44. The molecule has 0 radical (unpaired) electrons. The van der Waals surface area contributed by atoms with E-state index >= 15 is 0 Å². The summed E-state index contributed by atoms with van der Waals surface area (Å²) >= 11 is 1.40. The molecule has 0 aliphatic heterocycles. The molecule has 0 amide bonds. The van der Waals surface area contributed by atoms with Gasteiger partial charge in [0.1, 0.15) is 5.82 Å². The molecule has 18 heavy (non-hydrogen) atoms. The molecule has 1 aromatic heterocycles. The summed E-state index contributed by atoms with van der Waals surface area (Å²) in [6.45, 7) is 4.87. The van der Waals surface area contributed by atoms with Gasteiger partial charge in [0.05, 0.1) is 10.6 Å². The molecule has 0 bridgehead atoms. The van der Waals surface area contributed by atoms with Crippen LogP contribution in [0.5, 0.6) is 0 Å². The van der Waals surface area contributed by atoms with Crippen LogP contribution in [0, 0.1) is 12.7 Å². The molecule has 3 nitrogen and oxygen atoms in total. The van der Waals surface area contributed by atoms with Crippen LogP contribution in [0.4, 0.5) is 4.39 Å². The van der Waals surface area contributed by atoms with Crippen LogP contribution in [0.25, 0.3) is 0 Å². The summed E-state index contributed by atoms with van der Waals surface area (Å²) in [7, 11) is 0. The standard InChI is InChI=1S/C13H16FN3S/c1-3-15-12(13-9(2)16-17-18-13)8-10-5-4-6-11(14)7-10/h4-7,12,15H,3,8H2,1-2H3. The van der Waals surface area contributed by atoms with Gasteiger partial charge in [-0.2, -0.15) is 0 Å². The van der Waals surface area contributed by atoms with Crippen molar-refractivity contribution in [1.82, 2.24) is 14.9 Å². The number of likely N-dealkylation sites (N-methyl/N-ethyl adjacent to an activating group) is 1. The van der Waals surface area contributed by atoms with Gasteiger partial charge in [0.15, 0.2) is 0 Å². The van der Waals surface area contributed by atoms with E-state index in [4.69, 9.17) is 0 Å². The topological polar surface area (TPSA) is 37.8 Å². The Balaban J connectivity index is 2.19. The van der Waals surface area contributed by atoms with E-state index in [1.165, 1.54) is 17.6 Å². The number of benzene rings is 1. The van der Waals surface area contributed by atoms with Gasteiger partial charge < -0.3 is 5.32 Å². The number of nitrogens with zero attached hydrogens (tertiary/aromatic N) is 2. The first-order valence-electron chi connectivity index (χ1n) is 5.97. The highest BCUT2D eigenvalue weighted by atomic mass is 32.1. The lowest BCUT2D eigenvalue weighted by Gasteiger charge is -2.16. The largest absolute Gasteiger partial charge is 0.309 e. The highest BCUT2D eigenvalue weighted by molar-refractivity contribution is 7.05. The minimum Gasteiger partial charge on any atom is -0.309 e. The molecule has 0 aliphatic rings. The van der Waals surface area contributed by atoms with Crippen molar-refractivity contribution in [2.45, 2.75) is 26.3 Å². The highest BCUT2D eigenvalue weighted by Crippen LogP contribution is 2.23. The van der Waals surface area contributed by atoms with Crippen LogP contribution < -0.4 is 5.32 Å². The molecule has 0 saturated carbocycles. The number of hydrogen-bond acceptors (Lipinski definition) is 4. The van der Waals surface area contributed by atoms with Gasteiger partial charge in [0.25, 0.3) is 0 Å². The molecule has 2 rings (SSSR count). The molecule has 2 aromatic rings. The summed E-state index contributed by atoms with van der Waals surface area (Å²) in [6.07, 6.45) is 0.746. The van der Waals surface area contributed by atoms with Crippen molar-refractivity contribution in [3.05, 3.63) is 46.2 Å². The monoisotopic (exact) mass is 265 g/mol. The van der Waals surface area contributed by atoms with Crippen LogP contribution in [-0.2, 0) is 6.42 Å². The Hall–Kier alpha value is -1.33. The average molecular weight is 265 g/mol. The van der Waals surface area contributed by atoms with Gasteiger partial charge in [0, 0.05) is 6.04 Å². The van der Waals surface area contributed by atoms with E-state index in [1.54, 1.807) is 12.1 Å². The zero-order chi connectivity index (χ0) is 13.0. The second-order valence-electron chi connectivity index (χ2n) is 4.17. The molecule has 0 spiro atoms. The van der Waals surface area contributed by atoms with E-state index < -0.39 is 0 Å². The Morgan fingerprint density at radius 2 is 2.28 bits per heavy atom. The van der Waals surface area contributed by atoms with Gasteiger partial charge in [-0.3, -0.25) is 0 Å². The van der Waals surface area contributed by atoms with Crippen LogP contribution >= 0.6 is 11.5 Å². The van der Waals surface area contributed by atoms with Crippen molar-refractivity contribution < 1.29 is 4.39 Å². The third-order valence-corrected chi connectivity index (χ3v) is 3.72. The average Bonchev–Trinajstić information content (AvgIpc) is 2.75. The van der Waals surface area contributed by atoms with E-state index in [0.29, 0.717) is 0 Å².